The van der Waals surface area contributed by atoms with Gasteiger partial charge in [-0.25, -0.2) is 9.80 Å². The molecule has 0 aliphatic carbocycles. The number of carbonyl (C=O) groups is 3. The molecule has 0 aliphatic rings. The number of rotatable bonds is 3. The fraction of sp³-hybridized carbons (Fsp3) is 0.250. The maximum Gasteiger partial charge on any atom is 0.437 e. The van der Waals surface area contributed by atoms with E-state index in [1.165, 1.54) is 24.3 Å². The number of hydrogen-bond donors (Lipinski definition) is 0. The van der Waals surface area contributed by atoms with Crippen LogP contribution >= 0.6 is 23.2 Å². The van der Waals surface area contributed by atoms with E-state index in [4.69, 9.17) is 27.9 Å². The molecule has 3 amide bonds. The lowest BCUT2D eigenvalue weighted by atomic mass is 10.1. The second-order valence-corrected chi connectivity index (χ2v) is 7.45. The van der Waals surface area contributed by atoms with Gasteiger partial charge in [0.1, 0.15) is 0 Å². The average molecular weight is 423 g/mol. The van der Waals surface area contributed by atoms with E-state index in [9.17, 15) is 14.4 Å². The first-order chi connectivity index (χ1) is 13.2. The van der Waals surface area contributed by atoms with E-state index in [0.29, 0.717) is 10.0 Å². The maximum absolute atomic E-state index is 13.2. The van der Waals surface area contributed by atoms with Gasteiger partial charge < -0.3 is 4.74 Å². The van der Waals surface area contributed by atoms with Gasteiger partial charge in [-0.05, 0) is 57.2 Å². The molecule has 0 spiro atoms. The van der Waals surface area contributed by atoms with Gasteiger partial charge in [-0.2, -0.15) is 0 Å². The van der Waals surface area contributed by atoms with Crippen molar-refractivity contribution in [2.75, 3.05) is 6.07 Å². The topological polar surface area (TPSA) is 66.9 Å². The number of nitrogens with zero attached hydrogens (tertiary/aromatic N) is 2. The summed E-state index contributed by atoms with van der Waals surface area (Å²) in [4.78, 5) is 39.0. The summed E-state index contributed by atoms with van der Waals surface area (Å²) in [6.45, 7) is 5.08. The first-order valence-corrected chi connectivity index (χ1v) is 9.30. The lowest BCUT2D eigenvalue weighted by Gasteiger charge is -2.41. The summed E-state index contributed by atoms with van der Waals surface area (Å²) >= 11 is 11.4. The molecule has 0 unspecified atom stereocenters. The number of ether oxygens (including phenoxy) is 1. The third kappa shape index (κ3) is 5.03. The number of halogens is 2. The van der Waals surface area contributed by atoms with Crippen molar-refractivity contribution >= 4 is 41.1 Å². The molecule has 0 aromatic heterocycles. The Morgan fingerprint density at radius 1 is 0.893 bits per heavy atom. The van der Waals surface area contributed by atoms with Crippen LogP contribution in [0.15, 0.2) is 54.6 Å². The third-order valence-electron chi connectivity index (χ3n) is 3.68. The van der Waals surface area contributed by atoms with Crippen LogP contribution in [0.25, 0.3) is 0 Å². The molecule has 0 aliphatic heterocycles. The number of carbonyl (C=O) groups excluding carboxylic acids is 3. The van der Waals surface area contributed by atoms with E-state index in [-0.39, 0.29) is 11.1 Å². The van der Waals surface area contributed by atoms with Crippen LogP contribution in [0.1, 0.15) is 41.5 Å². The smallest absolute Gasteiger partial charge is 0.432 e. The molecule has 6 nitrogen and oxygen atoms in total. The molecule has 0 heterocycles. The molecule has 0 bridgehead atoms. The Morgan fingerprint density at radius 2 is 1.43 bits per heavy atom. The van der Waals surface area contributed by atoms with E-state index in [1.807, 2.05) is 0 Å². The highest BCUT2D eigenvalue weighted by Crippen LogP contribution is 2.24. The van der Waals surface area contributed by atoms with Crippen molar-refractivity contribution in [3.8, 4) is 0 Å². The van der Waals surface area contributed by atoms with E-state index in [0.717, 1.165) is 5.01 Å². The number of alkyl halides is 1. The van der Waals surface area contributed by atoms with Gasteiger partial charge in [0.15, 0.2) is 6.07 Å². The van der Waals surface area contributed by atoms with Crippen molar-refractivity contribution in [3.05, 3.63) is 70.7 Å². The van der Waals surface area contributed by atoms with E-state index < -0.39 is 29.5 Å². The highest BCUT2D eigenvalue weighted by Gasteiger charge is 2.40. The van der Waals surface area contributed by atoms with E-state index >= 15 is 0 Å². The SMILES string of the molecule is CC(C)(C)N(C(=O)c1ccc(Cl)cc1)N(C(=O)OCCl)C(=O)c1ccccc1. The van der Waals surface area contributed by atoms with Gasteiger partial charge in [0.05, 0.1) is 5.54 Å². The van der Waals surface area contributed by atoms with Gasteiger partial charge in [0.25, 0.3) is 11.8 Å². The van der Waals surface area contributed by atoms with E-state index in [1.54, 1.807) is 51.1 Å². The third-order valence-corrected chi connectivity index (χ3v) is 4.04. The van der Waals surface area contributed by atoms with Crippen LogP contribution in [-0.2, 0) is 4.74 Å². The van der Waals surface area contributed by atoms with Crippen molar-refractivity contribution in [2.45, 2.75) is 26.3 Å². The molecule has 28 heavy (non-hydrogen) atoms. The molecule has 148 valence electrons. The Bertz CT molecular complexity index is 849. The quantitative estimate of drug-likeness (QED) is 0.517. The van der Waals surface area contributed by atoms with Crippen LogP contribution < -0.4 is 0 Å². The summed E-state index contributed by atoms with van der Waals surface area (Å²) in [6.07, 6.45) is -1.05. The largest absolute Gasteiger partial charge is 0.437 e. The summed E-state index contributed by atoms with van der Waals surface area (Å²) in [5.41, 5.74) is -0.469. The lowest BCUT2D eigenvalue weighted by Crippen LogP contribution is -2.60. The molecule has 0 fully saturated rings. The lowest BCUT2D eigenvalue weighted by molar-refractivity contribution is -0.0373. The van der Waals surface area contributed by atoms with Gasteiger partial charge in [-0.1, -0.05) is 41.4 Å². The predicted octanol–water partition coefficient (Wildman–Crippen LogP) is 4.97. The second-order valence-electron chi connectivity index (χ2n) is 6.80. The van der Waals surface area contributed by atoms with Crippen LogP contribution in [0.2, 0.25) is 5.02 Å². The fourth-order valence-electron chi connectivity index (χ4n) is 2.48. The molecular formula is C20H20Cl2N2O4. The number of amides is 3. The second kappa shape index (κ2) is 9.08. The van der Waals surface area contributed by atoms with Gasteiger partial charge in [-0.3, -0.25) is 9.59 Å². The Hall–Kier alpha value is -2.57. The van der Waals surface area contributed by atoms with Gasteiger partial charge >= 0.3 is 6.09 Å². The molecular weight excluding hydrogens is 403 g/mol. The number of imide groups is 1. The van der Waals surface area contributed by atoms with Crippen molar-refractivity contribution < 1.29 is 19.1 Å². The normalized spacial score (nSPS) is 10.9. The van der Waals surface area contributed by atoms with Crippen LogP contribution in [0.5, 0.6) is 0 Å². The Kier molecular flexibility index (Phi) is 7.05. The van der Waals surface area contributed by atoms with Gasteiger partial charge in [-0.15, -0.1) is 5.01 Å². The first kappa shape index (κ1) is 21.7. The standard InChI is InChI=1S/C20H20Cl2N2O4/c1-20(2,3)24(18(26)15-9-11-16(22)12-10-15)23(19(27)28-13-21)17(25)14-7-5-4-6-8-14/h4-12H,13H2,1-3H3. The van der Waals surface area contributed by atoms with Crippen LogP contribution in [0.3, 0.4) is 0 Å². The first-order valence-electron chi connectivity index (χ1n) is 8.39. The van der Waals surface area contributed by atoms with Gasteiger partial charge in [0, 0.05) is 16.1 Å². The molecule has 0 radical (unpaired) electrons. The average Bonchev–Trinajstić information content (AvgIpc) is 2.65. The van der Waals surface area contributed by atoms with Gasteiger partial charge in [0.2, 0.25) is 0 Å². The molecule has 0 saturated heterocycles. The number of benzene rings is 2. The molecule has 0 N–H and O–H groups in total. The summed E-state index contributed by atoms with van der Waals surface area (Å²) in [5.74, 6) is -1.28. The summed E-state index contributed by atoms with van der Waals surface area (Å²) < 4.78 is 4.84. The molecule has 8 heteroatoms. The number of hydrazine groups is 1. The van der Waals surface area contributed by atoms with Crippen molar-refractivity contribution in [3.63, 3.8) is 0 Å². The summed E-state index contributed by atoms with van der Waals surface area (Å²) in [6, 6.07) is 13.8. The highest BCUT2D eigenvalue weighted by molar-refractivity contribution is 6.30. The molecule has 2 rings (SSSR count). The fourth-order valence-corrected chi connectivity index (χ4v) is 2.70. The monoisotopic (exact) mass is 422 g/mol. The van der Waals surface area contributed by atoms with E-state index in [2.05, 4.69) is 0 Å². The van der Waals surface area contributed by atoms with Crippen LogP contribution in [-0.4, -0.2) is 39.5 Å². The zero-order valence-electron chi connectivity index (χ0n) is 15.7. The number of hydrogen-bond acceptors (Lipinski definition) is 4. The summed E-state index contributed by atoms with van der Waals surface area (Å²) in [7, 11) is 0. The predicted molar refractivity (Wildman–Crippen MR) is 107 cm³/mol. The zero-order valence-corrected chi connectivity index (χ0v) is 17.2. The highest BCUT2D eigenvalue weighted by atomic mass is 35.5. The minimum absolute atomic E-state index is 0.215. The molecule has 0 saturated carbocycles. The molecule has 2 aromatic rings. The Morgan fingerprint density at radius 3 is 1.93 bits per heavy atom. The Labute approximate surface area is 173 Å². The summed E-state index contributed by atoms with van der Waals surface area (Å²) in [5, 5.41) is 2.19. The molecule has 2 aromatic carbocycles. The van der Waals surface area contributed by atoms with Crippen LogP contribution in [0, 0.1) is 0 Å². The molecule has 0 atom stereocenters. The van der Waals surface area contributed by atoms with Crippen molar-refractivity contribution in [1.29, 1.82) is 0 Å². The van der Waals surface area contributed by atoms with Crippen molar-refractivity contribution in [2.24, 2.45) is 0 Å². The zero-order chi connectivity index (χ0) is 20.9. The maximum atomic E-state index is 13.2. The minimum atomic E-state index is -1.05. The van der Waals surface area contributed by atoms with Crippen molar-refractivity contribution in [1.82, 2.24) is 10.0 Å². The van der Waals surface area contributed by atoms with Crippen LogP contribution in [0.4, 0.5) is 4.79 Å². The Balaban J connectivity index is 2.56. The minimum Gasteiger partial charge on any atom is -0.432 e.